The van der Waals surface area contributed by atoms with Crippen molar-refractivity contribution in [2.75, 3.05) is 19.6 Å². The quantitative estimate of drug-likeness (QED) is 0.747. The zero-order chi connectivity index (χ0) is 19.2. The van der Waals surface area contributed by atoms with Crippen molar-refractivity contribution in [3.05, 3.63) is 28.9 Å². The van der Waals surface area contributed by atoms with Crippen LogP contribution in [0, 0.1) is 0 Å². The highest BCUT2D eigenvalue weighted by atomic mass is 16.2. The molecule has 0 saturated carbocycles. The van der Waals surface area contributed by atoms with Crippen molar-refractivity contribution in [3.8, 4) is 0 Å². The Balaban J connectivity index is 1.73. The number of fused-ring (bicyclic) bond motifs is 1. The van der Waals surface area contributed by atoms with Crippen molar-refractivity contribution in [2.45, 2.75) is 71.8 Å². The highest BCUT2D eigenvalue weighted by Crippen LogP contribution is 2.23. The van der Waals surface area contributed by atoms with Gasteiger partial charge < -0.3 is 14.8 Å². The Morgan fingerprint density at radius 2 is 1.93 bits per heavy atom. The summed E-state index contributed by atoms with van der Waals surface area (Å²) in [6.07, 6.45) is 10.9. The molecule has 0 bridgehead atoms. The summed E-state index contributed by atoms with van der Waals surface area (Å²) in [4.78, 5) is 31.9. The Morgan fingerprint density at radius 1 is 1.15 bits per heavy atom. The average Bonchev–Trinajstić information content (AvgIpc) is 3.09. The summed E-state index contributed by atoms with van der Waals surface area (Å²) in [5.74, 6) is 0.207. The van der Waals surface area contributed by atoms with E-state index in [4.69, 9.17) is 0 Å². The number of amides is 2. The van der Waals surface area contributed by atoms with Gasteiger partial charge in [0.2, 0.25) is 0 Å². The first-order chi connectivity index (χ1) is 13.2. The Bertz CT molecular complexity index is 716. The molecular weight excluding hydrogens is 340 g/mol. The van der Waals surface area contributed by atoms with Crippen molar-refractivity contribution in [1.29, 1.82) is 0 Å². The van der Waals surface area contributed by atoms with Crippen LogP contribution < -0.4 is 5.32 Å². The average molecular weight is 373 g/mol. The third-order valence-electron chi connectivity index (χ3n) is 5.69. The number of allylic oxidation sites excluding steroid dienone is 1. The molecule has 0 spiro atoms. The van der Waals surface area contributed by atoms with E-state index >= 15 is 0 Å². The number of carbonyl (C=O) groups excluding carboxylic acids is 2. The second-order valence-corrected chi connectivity index (χ2v) is 7.43. The molecule has 6 heteroatoms. The first-order valence-electron chi connectivity index (χ1n) is 10.5. The molecule has 1 N–H and O–H groups in total. The van der Waals surface area contributed by atoms with Crippen molar-refractivity contribution < 1.29 is 9.59 Å². The van der Waals surface area contributed by atoms with Crippen molar-refractivity contribution in [3.63, 3.8) is 0 Å². The first-order valence-corrected chi connectivity index (χ1v) is 10.5. The van der Waals surface area contributed by atoms with E-state index in [0.29, 0.717) is 31.2 Å². The van der Waals surface area contributed by atoms with E-state index in [0.717, 1.165) is 50.8 Å². The zero-order valence-corrected chi connectivity index (χ0v) is 16.7. The number of rotatable bonds is 7. The SMILES string of the molecule is CCN(CC)C(=O)c1nc(C(=O)NCCC2=CCCCC2)c2n1CCCC2. The molecule has 0 atom stereocenters. The summed E-state index contributed by atoms with van der Waals surface area (Å²) < 4.78 is 1.97. The molecule has 1 aromatic rings. The van der Waals surface area contributed by atoms with Gasteiger partial charge in [0.25, 0.3) is 11.8 Å². The summed E-state index contributed by atoms with van der Waals surface area (Å²) in [6, 6.07) is 0. The molecule has 1 aliphatic heterocycles. The number of hydrogen-bond donors (Lipinski definition) is 1. The second kappa shape index (κ2) is 9.20. The molecule has 2 aliphatic rings. The Morgan fingerprint density at radius 3 is 2.63 bits per heavy atom. The van der Waals surface area contributed by atoms with E-state index in [1.165, 1.54) is 18.4 Å². The number of aromatic nitrogens is 2. The molecule has 0 radical (unpaired) electrons. The van der Waals surface area contributed by atoms with Gasteiger partial charge in [0.05, 0.1) is 5.69 Å². The van der Waals surface area contributed by atoms with E-state index in [1.807, 2.05) is 18.4 Å². The van der Waals surface area contributed by atoms with Crippen LogP contribution in [0.2, 0.25) is 0 Å². The molecule has 0 unspecified atom stereocenters. The van der Waals surface area contributed by atoms with E-state index in [1.54, 1.807) is 4.90 Å². The highest BCUT2D eigenvalue weighted by Gasteiger charge is 2.29. The summed E-state index contributed by atoms with van der Waals surface area (Å²) >= 11 is 0. The van der Waals surface area contributed by atoms with E-state index < -0.39 is 0 Å². The van der Waals surface area contributed by atoms with Gasteiger partial charge in [-0.1, -0.05) is 11.6 Å². The van der Waals surface area contributed by atoms with Gasteiger partial charge in [0.1, 0.15) is 5.69 Å². The molecule has 27 heavy (non-hydrogen) atoms. The lowest BCUT2D eigenvalue weighted by Gasteiger charge is -2.21. The normalized spacial score (nSPS) is 16.4. The van der Waals surface area contributed by atoms with E-state index in [-0.39, 0.29) is 11.8 Å². The van der Waals surface area contributed by atoms with Crippen LogP contribution in [-0.2, 0) is 13.0 Å². The number of carbonyl (C=O) groups is 2. The largest absolute Gasteiger partial charge is 0.350 e. The first kappa shape index (κ1) is 19.6. The van der Waals surface area contributed by atoms with Crippen LogP contribution in [0.5, 0.6) is 0 Å². The fraction of sp³-hybridized carbons (Fsp3) is 0.667. The summed E-state index contributed by atoms with van der Waals surface area (Å²) in [5.41, 5.74) is 2.82. The van der Waals surface area contributed by atoms with Crippen molar-refractivity contribution in [1.82, 2.24) is 19.8 Å². The van der Waals surface area contributed by atoms with Crippen LogP contribution >= 0.6 is 0 Å². The fourth-order valence-corrected chi connectivity index (χ4v) is 4.09. The van der Waals surface area contributed by atoms with Gasteiger partial charge >= 0.3 is 0 Å². The smallest absolute Gasteiger partial charge is 0.289 e. The molecular formula is C21H32N4O2. The van der Waals surface area contributed by atoms with Crippen LogP contribution in [0.4, 0.5) is 0 Å². The molecule has 0 saturated heterocycles. The maximum absolute atomic E-state index is 12.8. The van der Waals surface area contributed by atoms with Gasteiger partial charge in [-0.2, -0.15) is 0 Å². The Kier molecular flexibility index (Phi) is 6.69. The molecule has 0 fully saturated rings. The molecule has 2 heterocycles. The zero-order valence-electron chi connectivity index (χ0n) is 16.7. The van der Waals surface area contributed by atoms with E-state index in [9.17, 15) is 9.59 Å². The third kappa shape index (κ3) is 4.42. The second-order valence-electron chi connectivity index (χ2n) is 7.43. The van der Waals surface area contributed by atoms with Gasteiger partial charge in [-0.25, -0.2) is 4.98 Å². The van der Waals surface area contributed by atoms with Crippen LogP contribution in [-0.4, -0.2) is 45.9 Å². The van der Waals surface area contributed by atoms with Crippen LogP contribution in [0.15, 0.2) is 11.6 Å². The van der Waals surface area contributed by atoms with Crippen LogP contribution in [0.1, 0.15) is 85.6 Å². The standard InChI is InChI=1S/C21H32N4O2/c1-3-24(4-2)21(27)19-23-18(17-12-8-9-15-25(17)19)20(26)22-14-13-16-10-6-5-7-11-16/h10H,3-9,11-15H2,1-2H3,(H,22,26). The topological polar surface area (TPSA) is 67.2 Å². The minimum absolute atomic E-state index is 0.0745. The van der Waals surface area contributed by atoms with Gasteiger partial charge in [-0.3, -0.25) is 9.59 Å². The Labute approximate surface area is 162 Å². The lowest BCUT2D eigenvalue weighted by molar-refractivity contribution is 0.0754. The maximum Gasteiger partial charge on any atom is 0.289 e. The minimum atomic E-state index is -0.143. The lowest BCUT2D eigenvalue weighted by Crippen LogP contribution is -2.33. The summed E-state index contributed by atoms with van der Waals surface area (Å²) in [6.45, 7) is 6.63. The number of hydrogen-bond acceptors (Lipinski definition) is 3. The van der Waals surface area contributed by atoms with Gasteiger partial charge in [0.15, 0.2) is 5.82 Å². The van der Waals surface area contributed by atoms with Gasteiger partial charge in [-0.05, 0) is 65.2 Å². The fourth-order valence-electron chi connectivity index (χ4n) is 4.09. The third-order valence-corrected chi connectivity index (χ3v) is 5.69. The molecule has 148 valence electrons. The molecule has 1 aliphatic carbocycles. The summed E-state index contributed by atoms with van der Waals surface area (Å²) in [5, 5.41) is 3.03. The maximum atomic E-state index is 12.8. The minimum Gasteiger partial charge on any atom is -0.350 e. The molecule has 6 nitrogen and oxygen atoms in total. The number of nitrogens with zero attached hydrogens (tertiary/aromatic N) is 3. The number of nitrogens with one attached hydrogen (secondary N) is 1. The van der Waals surface area contributed by atoms with E-state index in [2.05, 4.69) is 16.4 Å². The van der Waals surface area contributed by atoms with Gasteiger partial charge in [-0.15, -0.1) is 0 Å². The predicted octanol–water partition coefficient (Wildman–Crippen LogP) is 3.32. The molecule has 0 aromatic carbocycles. The van der Waals surface area contributed by atoms with Crippen molar-refractivity contribution >= 4 is 11.8 Å². The monoisotopic (exact) mass is 372 g/mol. The Hall–Kier alpha value is -2.11. The van der Waals surface area contributed by atoms with Crippen molar-refractivity contribution in [2.24, 2.45) is 0 Å². The van der Waals surface area contributed by atoms with Gasteiger partial charge in [0, 0.05) is 26.2 Å². The number of imidazole rings is 1. The molecule has 1 aromatic heterocycles. The van der Waals surface area contributed by atoms with Crippen LogP contribution in [0.3, 0.4) is 0 Å². The van der Waals surface area contributed by atoms with Crippen LogP contribution in [0.25, 0.3) is 0 Å². The predicted molar refractivity (Wildman–Crippen MR) is 106 cm³/mol. The molecule has 3 rings (SSSR count). The lowest BCUT2D eigenvalue weighted by atomic mass is 9.97. The molecule has 2 amide bonds. The highest BCUT2D eigenvalue weighted by molar-refractivity contribution is 5.97. The summed E-state index contributed by atoms with van der Waals surface area (Å²) in [7, 11) is 0.